The third-order valence-electron chi connectivity index (χ3n) is 3.46. The summed E-state index contributed by atoms with van der Waals surface area (Å²) in [4.78, 5) is 13.4. The maximum absolute atomic E-state index is 12.0. The molecule has 2 rings (SSSR count). The smallest absolute Gasteiger partial charge is 0.321 e. The van der Waals surface area contributed by atoms with Crippen molar-refractivity contribution in [3.8, 4) is 5.75 Å². The number of nitrogens with zero attached hydrogens (tertiary/aromatic N) is 1. The summed E-state index contributed by atoms with van der Waals surface area (Å²) in [5.41, 5.74) is 0.658. The highest BCUT2D eigenvalue weighted by atomic mass is 32.2. The minimum Gasteiger partial charge on any atom is -0.494 e. The Morgan fingerprint density at radius 3 is 2.43 bits per heavy atom. The first-order valence-corrected chi connectivity index (χ1v) is 8.68. The summed E-state index contributed by atoms with van der Waals surface area (Å²) >= 11 is 0. The number of amides is 2. The fourth-order valence-electron chi connectivity index (χ4n) is 2.07. The predicted octanol–water partition coefficient (Wildman–Crippen LogP) is 1.74. The van der Waals surface area contributed by atoms with Gasteiger partial charge < -0.3 is 15.0 Å². The van der Waals surface area contributed by atoms with Crippen molar-refractivity contribution in [1.82, 2.24) is 4.90 Å². The van der Waals surface area contributed by atoms with E-state index < -0.39 is 15.1 Å². The number of urea groups is 1. The summed E-state index contributed by atoms with van der Waals surface area (Å²) in [5, 5.41) is 2.32. The van der Waals surface area contributed by atoms with E-state index in [4.69, 9.17) is 4.74 Å². The number of benzene rings is 1. The molecule has 1 aliphatic rings. The average Bonchev–Trinajstić information content (AvgIpc) is 2.39. The number of rotatable bonds is 5. The minimum atomic E-state index is -3.05. The van der Waals surface area contributed by atoms with Crippen LogP contribution in [0.5, 0.6) is 5.75 Å². The zero-order chi connectivity index (χ0) is 15.5. The summed E-state index contributed by atoms with van der Waals surface area (Å²) in [6.45, 7) is 4.64. The molecule has 0 aromatic heterocycles. The van der Waals surface area contributed by atoms with Gasteiger partial charge in [0, 0.05) is 24.5 Å². The summed E-state index contributed by atoms with van der Waals surface area (Å²) in [5.74, 6) is 0.861. The van der Waals surface area contributed by atoms with E-state index in [0.717, 1.165) is 5.75 Å². The van der Waals surface area contributed by atoms with Gasteiger partial charge >= 0.3 is 6.03 Å². The molecule has 0 atom stereocenters. The van der Waals surface area contributed by atoms with Crippen LogP contribution in [0, 0.1) is 0 Å². The summed E-state index contributed by atoms with van der Waals surface area (Å²) < 4.78 is 28.6. The number of hydrogen-bond acceptors (Lipinski definition) is 4. The number of ether oxygens (including phenoxy) is 1. The number of anilines is 1. The number of carbonyl (C=O) groups excluding carboxylic acids is 1. The van der Waals surface area contributed by atoms with E-state index in [1.165, 1.54) is 4.90 Å². The lowest BCUT2D eigenvalue weighted by Gasteiger charge is -2.38. The predicted molar refractivity (Wildman–Crippen MR) is 81.5 cm³/mol. The van der Waals surface area contributed by atoms with Gasteiger partial charge in [-0.3, -0.25) is 0 Å². The lowest BCUT2D eigenvalue weighted by atomic mass is 10.2. The molecule has 0 saturated carbocycles. The van der Waals surface area contributed by atoms with Crippen molar-refractivity contribution < 1.29 is 17.9 Å². The Labute approximate surface area is 125 Å². The number of carbonyl (C=O) groups is 1. The maximum Gasteiger partial charge on any atom is 0.321 e. The second kappa shape index (κ2) is 6.34. The Kier molecular flexibility index (Phi) is 4.72. The molecule has 1 aromatic rings. The lowest BCUT2D eigenvalue weighted by molar-refractivity contribution is 0.182. The van der Waals surface area contributed by atoms with Crippen LogP contribution in [0.1, 0.15) is 13.8 Å². The molecular formula is C14H20N2O4S. The van der Waals surface area contributed by atoms with Crippen LogP contribution >= 0.6 is 0 Å². The zero-order valence-corrected chi connectivity index (χ0v) is 13.0. The molecule has 0 radical (unpaired) electrons. The van der Waals surface area contributed by atoms with E-state index in [1.807, 2.05) is 6.92 Å². The first-order valence-electron chi connectivity index (χ1n) is 6.96. The van der Waals surface area contributed by atoms with E-state index in [-0.39, 0.29) is 24.9 Å². The van der Waals surface area contributed by atoms with Gasteiger partial charge in [0.15, 0.2) is 9.84 Å². The van der Waals surface area contributed by atoms with Crippen LogP contribution in [0.3, 0.4) is 0 Å². The van der Waals surface area contributed by atoms with Gasteiger partial charge in [-0.1, -0.05) is 6.92 Å². The molecule has 7 heteroatoms. The molecule has 6 nitrogen and oxygen atoms in total. The van der Waals surface area contributed by atoms with Gasteiger partial charge in [0.05, 0.1) is 11.9 Å². The SMILES string of the molecule is CCOc1ccc(NC(=O)N2CC(S(=O)(=O)CC)C2)cc1. The molecule has 116 valence electrons. The molecule has 1 heterocycles. The largest absolute Gasteiger partial charge is 0.494 e. The molecule has 1 aromatic carbocycles. The van der Waals surface area contributed by atoms with Crippen molar-refractivity contribution in [2.24, 2.45) is 0 Å². The van der Waals surface area contributed by atoms with E-state index in [0.29, 0.717) is 12.3 Å². The zero-order valence-electron chi connectivity index (χ0n) is 12.2. The molecular weight excluding hydrogens is 292 g/mol. The topological polar surface area (TPSA) is 75.7 Å². The standard InChI is InChI=1S/C14H20N2O4S/c1-3-20-12-7-5-11(6-8-12)15-14(17)16-9-13(10-16)21(18,19)4-2/h5-8,13H,3-4,9-10H2,1-2H3,(H,15,17). The van der Waals surface area contributed by atoms with Gasteiger partial charge in [0.25, 0.3) is 0 Å². The van der Waals surface area contributed by atoms with E-state index in [9.17, 15) is 13.2 Å². The molecule has 1 fully saturated rings. The first-order chi connectivity index (χ1) is 9.96. The highest BCUT2D eigenvalue weighted by Crippen LogP contribution is 2.20. The fourth-order valence-corrected chi connectivity index (χ4v) is 3.36. The number of likely N-dealkylation sites (tertiary alicyclic amines) is 1. The van der Waals surface area contributed by atoms with Crippen molar-refractivity contribution in [1.29, 1.82) is 0 Å². The summed E-state index contributed by atoms with van der Waals surface area (Å²) in [6.07, 6.45) is 0. The number of sulfone groups is 1. The molecule has 0 spiro atoms. The van der Waals surface area contributed by atoms with Crippen molar-refractivity contribution >= 4 is 21.6 Å². The van der Waals surface area contributed by atoms with Crippen LogP contribution in [0.4, 0.5) is 10.5 Å². The normalized spacial score (nSPS) is 15.4. The highest BCUT2D eigenvalue weighted by molar-refractivity contribution is 7.92. The molecule has 1 N–H and O–H groups in total. The van der Waals surface area contributed by atoms with Gasteiger partial charge in [-0.15, -0.1) is 0 Å². The Balaban J connectivity index is 1.86. The number of hydrogen-bond donors (Lipinski definition) is 1. The third kappa shape index (κ3) is 3.66. The molecule has 1 saturated heterocycles. The van der Waals surface area contributed by atoms with E-state index in [1.54, 1.807) is 31.2 Å². The van der Waals surface area contributed by atoms with Gasteiger partial charge in [-0.25, -0.2) is 13.2 Å². The average molecular weight is 312 g/mol. The van der Waals surface area contributed by atoms with Crippen LogP contribution in [0.25, 0.3) is 0 Å². The van der Waals surface area contributed by atoms with Crippen LogP contribution in [0.2, 0.25) is 0 Å². The summed E-state index contributed by atoms with van der Waals surface area (Å²) in [7, 11) is -3.05. The Morgan fingerprint density at radius 2 is 1.90 bits per heavy atom. The molecule has 1 aliphatic heterocycles. The molecule has 0 bridgehead atoms. The molecule has 0 aliphatic carbocycles. The minimum absolute atomic E-state index is 0.117. The maximum atomic E-state index is 12.0. The Bertz CT molecular complexity index is 592. The lowest BCUT2D eigenvalue weighted by Crippen LogP contribution is -2.58. The Hall–Kier alpha value is -1.76. The molecule has 21 heavy (non-hydrogen) atoms. The van der Waals surface area contributed by atoms with E-state index in [2.05, 4.69) is 5.32 Å². The number of nitrogens with one attached hydrogen (secondary N) is 1. The Morgan fingerprint density at radius 1 is 1.29 bits per heavy atom. The van der Waals surface area contributed by atoms with Gasteiger partial charge in [0.1, 0.15) is 5.75 Å². The van der Waals surface area contributed by atoms with Crippen molar-refractivity contribution in [2.45, 2.75) is 19.1 Å². The summed E-state index contributed by atoms with van der Waals surface area (Å²) in [6, 6.07) is 6.78. The molecule has 0 unspecified atom stereocenters. The van der Waals surface area contributed by atoms with E-state index >= 15 is 0 Å². The van der Waals surface area contributed by atoms with Crippen molar-refractivity contribution in [2.75, 3.05) is 30.8 Å². The van der Waals surface area contributed by atoms with Gasteiger partial charge in [0.2, 0.25) is 0 Å². The van der Waals surface area contributed by atoms with Crippen LogP contribution in [-0.4, -0.2) is 50.0 Å². The second-order valence-electron chi connectivity index (χ2n) is 4.87. The van der Waals surface area contributed by atoms with Crippen LogP contribution < -0.4 is 10.1 Å². The van der Waals surface area contributed by atoms with Crippen molar-refractivity contribution in [3.05, 3.63) is 24.3 Å². The second-order valence-corrected chi connectivity index (χ2v) is 7.44. The molecule has 2 amide bonds. The van der Waals surface area contributed by atoms with Crippen LogP contribution in [-0.2, 0) is 9.84 Å². The fraction of sp³-hybridized carbons (Fsp3) is 0.500. The van der Waals surface area contributed by atoms with Crippen LogP contribution in [0.15, 0.2) is 24.3 Å². The highest BCUT2D eigenvalue weighted by Gasteiger charge is 2.38. The third-order valence-corrected chi connectivity index (χ3v) is 5.58. The van der Waals surface area contributed by atoms with Crippen molar-refractivity contribution in [3.63, 3.8) is 0 Å². The van der Waals surface area contributed by atoms with Gasteiger partial charge in [-0.05, 0) is 31.2 Å². The first kappa shape index (κ1) is 15.6. The van der Waals surface area contributed by atoms with Gasteiger partial charge in [-0.2, -0.15) is 0 Å². The monoisotopic (exact) mass is 312 g/mol. The quantitative estimate of drug-likeness (QED) is 0.898.